The largest absolute Gasteiger partial charge is 0.492 e. The molecule has 0 atom stereocenters. The van der Waals surface area contributed by atoms with Crippen molar-refractivity contribution in [3.05, 3.63) is 84.2 Å². The minimum absolute atomic E-state index is 0.309. The van der Waals surface area contributed by atoms with Crippen molar-refractivity contribution >= 4 is 27.4 Å². The smallest absolute Gasteiger partial charge is 0.343 e. The van der Waals surface area contributed by atoms with Crippen LogP contribution in [0.4, 0.5) is 4.39 Å². The molecule has 33 heavy (non-hydrogen) atoms. The van der Waals surface area contributed by atoms with Gasteiger partial charge in [0.25, 0.3) is 0 Å². The summed E-state index contributed by atoms with van der Waals surface area (Å²) in [4.78, 5) is 16.0. The second kappa shape index (κ2) is 9.73. The highest BCUT2D eigenvalue weighted by atomic mass is 32.1. The van der Waals surface area contributed by atoms with Crippen LogP contribution in [0.5, 0.6) is 11.5 Å². The van der Waals surface area contributed by atoms with E-state index in [1.807, 2.05) is 30.3 Å². The zero-order chi connectivity index (χ0) is 22.6. The lowest BCUT2D eigenvalue weighted by molar-refractivity contribution is 0.0737. The minimum Gasteiger partial charge on any atom is -0.492 e. The Bertz CT molecular complexity index is 1240. The molecule has 3 aromatic carbocycles. The van der Waals surface area contributed by atoms with Gasteiger partial charge in [0, 0.05) is 21.5 Å². The van der Waals surface area contributed by atoms with E-state index in [0.29, 0.717) is 17.9 Å². The average molecular weight is 462 g/mol. The Morgan fingerprint density at radius 3 is 2.48 bits per heavy atom. The summed E-state index contributed by atoms with van der Waals surface area (Å²) >= 11 is 1.64. The topological polar surface area (TPSA) is 38.8 Å². The molecule has 0 aliphatic carbocycles. The summed E-state index contributed by atoms with van der Waals surface area (Å²) in [6.45, 7) is 4.02. The van der Waals surface area contributed by atoms with E-state index in [-0.39, 0.29) is 5.82 Å². The number of halogens is 1. The van der Waals surface area contributed by atoms with E-state index in [2.05, 4.69) is 17.0 Å². The van der Waals surface area contributed by atoms with Crippen molar-refractivity contribution in [1.82, 2.24) is 4.90 Å². The van der Waals surface area contributed by atoms with Gasteiger partial charge in [-0.15, -0.1) is 11.3 Å². The van der Waals surface area contributed by atoms with E-state index in [1.54, 1.807) is 17.4 Å². The van der Waals surface area contributed by atoms with Crippen LogP contribution in [0.2, 0.25) is 0 Å². The van der Waals surface area contributed by atoms with Crippen LogP contribution in [0.25, 0.3) is 20.5 Å². The first-order valence-electron chi connectivity index (χ1n) is 11.1. The average Bonchev–Trinajstić information content (AvgIpc) is 3.50. The molecule has 0 radical (unpaired) electrons. The summed E-state index contributed by atoms with van der Waals surface area (Å²) in [6.07, 6.45) is 2.58. The number of benzene rings is 3. The van der Waals surface area contributed by atoms with Crippen LogP contribution < -0.4 is 9.47 Å². The molecule has 0 N–H and O–H groups in total. The van der Waals surface area contributed by atoms with E-state index in [1.165, 1.54) is 50.2 Å². The van der Waals surface area contributed by atoms with Gasteiger partial charge in [-0.05, 0) is 98.2 Å². The molecule has 4 aromatic rings. The van der Waals surface area contributed by atoms with Crippen LogP contribution in [-0.4, -0.2) is 37.1 Å². The van der Waals surface area contributed by atoms with Gasteiger partial charge in [0.15, 0.2) is 0 Å². The van der Waals surface area contributed by atoms with Crippen molar-refractivity contribution in [1.29, 1.82) is 0 Å². The molecule has 0 bridgehead atoms. The predicted molar refractivity (Wildman–Crippen MR) is 130 cm³/mol. The van der Waals surface area contributed by atoms with E-state index in [9.17, 15) is 9.18 Å². The van der Waals surface area contributed by atoms with Crippen molar-refractivity contribution in [3.8, 4) is 21.9 Å². The predicted octanol–water partition coefficient (Wildman–Crippen LogP) is 6.40. The van der Waals surface area contributed by atoms with Gasteiger partial charge < -0.3 is 9.47 Å². The number of rotatable bonds is 7. The number of carbonyl (C=O) groups excluding carboxylic acids is 1. The van der Waals surface area contributed by atoms with Gasteiger partial charge in [0.05, 0.1) is 5.56 Å². The second-order valence-corrected chi connectivity index (χ2v) is 9.18. The molecule has 1 aliphatic rings. The molecule has 0 unspecified atom stereocenters. The fourth-order valence-corrected chi connectivity index (χ4v) is 5.11. The maximum absolute atomic E-state index is 13.1. The quantitative estimate of drug-likeness (QED) is 0.236. The first-order valence-corrected chi connectivity index (χ1v) is 11.9. The number of fused-ring (bicyclic) bond motifs is 1. The van der Waals surface area contributed by atoms with Crippen LogP contribution in [0.3, 0.4) is 0 Å². The summed E-state index contributed by atoms with van der Waals surface area (Å²) in [5.74, 6) is 0.462. The molecule has 2 heterocycles. The molecule has 1 aliphatic heterocycles. The molecule has 4 nitrogen and oxygen atoms in total. The van der Waals surface area contributed by atoms with Gasteiger partial charge in [0.2, 0.25) is 0 Å². The van der Waals surface area contributed by atoms with Crippen LogP contribution in [0.15, 0.2) is 72.8 Å². The Morgan fingerprint density at radius 1 is 0.970 bits per heavy atom. The SMILES string of the molecule is O=C(Oc1cccc2sc(-c3ccc(OCCN4CCCC4)cc3)cc12)c1ccc(F)cc1. The normalized spacial score (nSPS) is 14.0. The molecular formula is C27H24FNO3S. The molecule has 0 saturated carbocycles. The highest BCUT2D eigenvalue weighted by Crippen LogP contribution is 2.38. The highest BCUT2D eigenvalue weighted by Gasteiger charge is 2.14. The van der Waals surface area contributed by atoms with Gasteiger partial charge in [0.1, 0.15) is 23.9 Å². The minimum atomic E-state index is -0.509. The summed E-state index contributed by atoms with van der Waals surface area (Å²) < 4.78 is 25.7. The Balaban J connectivity index is 1.29. The summed E-state index contributed by atoms with van der Waals surface area (Å²) in [5, 5.41) is 0.874. The Labute approximate surface area is 196 Å². The lowest BCUT2D eigenvalue weighted by Gasteiger charge is -2.14. The molecular weight excluding hydrogens is 437 g/mol. The number of likely N-dealkylation sites (tertiary alicyclic amines) is 1. The first kappa shape index (κ1) is 21.6. The number of nitrogens with zero attached hydrogens (tertiary/aromatic N) is 1. The molecule has 1 saturated heterocycles. The lowest BCUT2D eigenvalue weighted by atomic mass is 10.1. The van der Waals surface area contributed by atoms with Gasteiger partial charge in [-0.25, -0.2) is 9.18 Å². The third-order valence-electron chi connectivity index (χ3n) is 5.82. The van der Waals surface area contributed by atoms with Crippen molar-refractivity contribution in [2.24, 2.45) is 0 Å². The fraction of sp³-hybridized carbons (Fsp3) is 0.222. The van der Waals surface area contributed by atoms with Crippen LogP contribution >= 0.6 is 11.3 Å². The van der Waals surface area contributed by atoms with Crippen molar-refractivity contribution in [2.75, 3.05) is 26.2 Å². The number of hydrogen-bond acceptors (Lipinski definition) is 5. The molecule has 6 heteroatoms. The summed E-state index contributed by atoms with van der Waals surface area (Å²) in [6, 6.07) is 21.1. The van der Waals surface area contributed by atoms with Crippen LogP contribution in [0.1, 0.15) is 23.2 Å². The molecule has 0 amide bonds. The van der Waals surface area contributed by atoms with Crippen molar-refractivity contribution in [3.63, 3.8) is 0 Å². The molecule has 0 spiro atoms. The standard InChI is InChI=1S/C27H24FNO3S/c28-21-10-6-20(7-11-21)27(30)32-24-4-3-5-25-23(24)18-26(33-25)19-8-12-22(13-9-19)31-17-16-29-14-1-2-15-29/h3-13,18H,1-2,14-17H2. The Hall–Kier alpha value is -3.22. The van der Waals surface area contributed by atoms with E-state index in [0.717, 1.165) is 32.8 Å². The van der Waals surface area contributed by atoms with Gasteiger partial charge in [-0.1, -0.05) is 6.07 Å². The van der Waals surface area contributed by atoms with Crippen LogP contribution in [-0.2, 0) is 0 Å². The lowest BCUT2D eigenvalue weighted by Crippen LogP contribution is -2.25. The maximum atomic E-state index is 13.1. The van der Waals surface area contributed by atoms with Gasteiger partial charge in [-0.2, -0.15) is 0 Å². The summed E-state index contributed by atoms with van der Waals surface area (Å²) in [7, 11) is 0. The molecule has 168 valence electrons. The zero-order valence-corrected chi connectivity index (χ0v) is 18.9. The fourth-order valence-electron chi connectivity index (χ4n) is 4.02. The third-order valence-corrected chi connectivity index (χ3v) is 6.97. The van der Waals surface area contributed by atoms with Crippen molar-refractivity contribution < 1.29 is 18.7 Å². The third kappa shape index (κ3) is 5.07. The van der Waals surface area contributed by atoms with Crippen LogP contribution in [0, 0.1) is 5.82 Å². The number of esters is 1. The van der Waals surface area contributed by atoms with Crippen molar-refractivity contribution in [2.45, 2.75) is 12.8 Å². The number of hydrogen-bond donors (Lipinski definition) is 0. The number of thiophene rings is 1. The Kier molecular flexibility index (Phi) is 6.37. The Morgan fingerprint density at radius 2 is 1.73 bits per heavy atom. The van der Waals surface area contributed by atoms with E-state index < -0.39 is 5.97 Å². The van der Waals surface area contributed by atoms with Gasteiger partial charge in [-0.3, -0.25) is 4.90 Å². The molecule has 5 rings (SSSR count). The molecule has 1 aromatic heterocycles. The number of ether oxygens (including phenoxy) is 2. The number of carbonyl (C=O) groups is 1. The second-order valence-electron chi connectivity index (χ2n) is 8.10. The highest BCUT2D eigenvalue weighted by molar-refractivity contribution is 7.22. The maximum Gasteiger partial charge on any atom is 0.343 e. The monoisotopic (exact) mass is 461 g/mol. The van der Waals surface area contributed by atoms with E-state index in [4.69, 9.17) is 9.47 Å². The summed E-state index contributed by atoms with van der Waals surface area (Å²) in [5.41, 5.74) is 1.39. The molecule has 1 fully saturated rings. The zero-order valence-electron chi connectivity index (χ0n) is 18.1. The first-order chi connectivity index (χ1) is 16.2. The van der Waals surface area contributed by atoms with Gasteiger partial charge >= 0.3 is 5.97 Å². The van der Waals surface area contributed by atoms with E-state index >= 15 is 0 Å².